The molecule has 1 unspecified atom stereocenters. The largest absolute Gasteiger partial charge is 0.323 e. The highest BCUT2D eigenvalue weighted by atomic mass is 79.9. The summed E-state index contributed by atoms with van der Waals surface area (Å²) in [5.41, 5.74) is 9.91. The number of benzene rings is 1. The lowest BCUT2D eigenvalue weighted by atomic mass is 10.0. The lowest BCUT2D eigenvalue weighted by molar-refractivity contribution is 0.624. The summed E-state index contributed by atoms with van der Waals surface area (Å²) >= 11 is 4.91. The Morgan fingerprint density at radius 2 is 2.29 bits per heavy atom. The van der Waals surface area contributed by atoms with E-state index in [4.69, 9.17) is 5.73 Å². The van der Waals surface area contributed by atoms with Gasteiger partial charge in [-0.25, -0.2) is 9.37 Å². The average molecular weight is 315 g/mol. The Bertz CT molecular complexity index is 527. The van der Waals surface area contributed by atoms with E-state index in [0.29, 0.717) is 6.42 Å². The first kappa shape index (κ1) is 12.7. The molecule has 0 amide bonds. The molecule has 2 nitrogen and oxygen atoms in total. The predicted molar refractivity (Wildman–Crippen MR) is 71.6 cm³/mol. The van der Waals surface area contributed by atoms with Crippen LogP contribution in [0.3, 0.4) is 0 Å². The highest BCUT2D eigenvalue weighted by Gasteiger charge is 2.13. The average Bonchev–Trinajstić information content (AvgIpc) is 2.68. The Kier molecular flexibility index (Phi) is 3.91. The lowest BCUT2D eigenvalue weighted by Gasteiger charge is -2.12. The summed E-state index contributed by atoms with van der Waals surface area (Å²) in [6, 6.07) is 4.58. The molecule has 0 fully saturated rings. The number of thiazole rings is 1. The van der Waals surface area contributed by atoms with E-state index in [0.717, 1.165) is 20.6 Å². The number of hydrogen-bond donors (Lipinski definition) is 1. The van der Waals surface area contributed by atoms with Crippen LogP contribution in [-0.2, 0) is 6.42 Å². The Labute approximate surface area is 112 Å². The molecule has 0 radical (unpaired) electrons. The molecule has 0 bridgehead atoms. The van der Waals surface area contributed by atoms with Gasteiger partial charge in [0, 0.05) is 15.4 Å². The van der Waals surface area contributed by atoms with Crippen LogP contribution in [0, 0.1) is 12.7 Å². The second-order valence-corrected chi connectivity index (χ2v) is 5.59. The fourth-order valence-corrected chi connectivity index (χ4v) is 3.00. The molecule has 1 atom stereocenters. The van der Waals surface area contributed by atoms with E-state index < -0.39 is 0 Å². The Morgan fingerprint density at radius 1 is 1.53 bits per heavy atom. The summed E-state index contributed by atoms with van der Waals surface area (Å²) in [4.78, 5) is 5.27. The van der Waals surface area contributed by atoms with Gasteiger partial charge in [-0.1, -0.05) is 22.0 Å². The third-order valence-corrected chi connectivity index (χ3v) is 4.38. The minimum atomic E-state index is -0.247. The van der Waals surface area contributed by atoms with Gasteiger partial charge in [-0.15, -0.1) is 11.3 Å². The van der Waals surface area contributed by atoms with Crippen LogP contribution in [0.4, 0.5) is 4.39 Å². The van der Waals surface area contributed by atoms with Crippen molar-refractivity contribution in [3.05, 3.63) is 50.1 Å². The minimum Gasteiger partial charge on any atom is -0.323 e. The van der Waals surface area contributed by atoms with Crippen molar-refractivity contribution in [2.24, 2.45) is 5.73 Å². The van der Waals surface area contributed by atoms with Crippen LogP contribution >= 0.6 is 27.3 Å². The van der Waals surface area contributed by atoms with Gasteiger partial charge in [0.1, 0.15) is 5.82 Å². The molecule has 1 aromatic carbocycles. The molecule has 1 aromatic heterocycles. The van der Waals surface area contributed by atoms with Crippen molar-refractivity contribution in [2.45, 2.75) is 19.4 Å². The van der Waals surface area contributed by atoms with Gasteiger partial charge in [0.05, 0.1) is 11.2 Å². The summed E-state index contributed by atoms with van der Waals surface area (Å²) in [6.07, 6.45) is 0.671. The third kappa shape index (κ3) is 2.91. The molecule has 17 heavy (non-hydrogen) atoms. The SMILES string of the molecule is Cc1ncsc1C(N)Cc1ccc(F)cc1Br. The molecule has 2 aromatic rings. The second-order valence-electron chi connectivity index (χ2n) is 3.85. The molecule has 1 heterocycles. The van der Waals surface area contributed by atoms with Crippen molar-refractivity contribution in [3.63, 3.8) is 0 Å². The number of nitrogens with two attached hydrogens (primary N) is 1. The van der Waals surface area contributed by atoms with E-state index in [2.05, 4.69) is 20.9 Å². The van der Waals surface area contributed by atoms with Gasteiger partial charge in [0.2, 0.25) is 0 Å². The Hall–Kier alpha value is -0.780. The maximum atomic E-state index is 13.0. The maximum absolute atomic E-state index is 13.0. The number of nitrogens with zero attached hydrogens (tertiary/aromatic N) is 1. The van der Waals surface area contributed by atoms with Gasteiger partial charge in [-0.3, -0.25) is 0 Å². The summed E-state index contributed by atoms with van der Waals surface area (Å²) < 4.78 is 13.7. The van der Waals surface area contributed by atoms with Crippen molar-refractivity contribution < 1.29 is 4.39 Å². The summed E-state index contributed by atoms with van der Waals surface area (Å²) in [5, 5.41) is 0. The lowest BCUT2D eigenvalue weighted by Crippen LogP contribution is -2.13. The van der Waals surface area contributed by atoms with Crippen LogP contribution in [0.2, 0.25) is 0 Å². The molecule has 0 spiro atoms. The number of aryl methyl sites for hydroxylation is 1. The molecule has 0 saturated carbocycles. The topological polar surface area (TPSA) is 38.9 Å². The normalized spacial score (nSPS) is 12.7. The molecule has 0 aliphatic carbocycles. The molecule has 90 valence electrons. The second kappa shape index (κ2) is 5.25. The van der Waals surface area contributed by atoms with Gasteiger partial charge < -0.3 is 5.73 Å². The van der Waals surface area contributed by atoms with Crippen molar-refractivity contribution >= 4 is 27.3 Å². The fourth-order valence-electron chi connectivity index (χ4n) is 1.68. The first-order valence-corrected chi connectivity index (χ1v) is 6.84. The van der Waals surface area contributed by atoms with Gasteiger partial charge in [0.15, 0.2) is 0 Å². The van der Waals surface area contributed by atoms with Crippen molar-refractivity contribution in [2.75, 3.05) is 0 Å². The van der Waals surface area contributed by atoms with Crippen LogP contribution < -0.4 is 5.73 Å². The standard InChI is InChI=1S/C12H12BrFN2S/c1-7-12(17-6-16-7)11(15)4-8-2-3-9(14)5-10(8)13/h2-3,5-6,11H,4,15H2,1H3. The fraction of sp³-hybridized carbons (Fsp3) is 0.250. The third-order valence-electron chi connectivity index (χ3n) is 2.57. The Balaban J connectivity index is 2.19. The zero-order valence-electron chi connectivity index (χ0n) is 9.28. The van der Waals surface area contributed by atoms with E-state index in [1.807, 2.05) is 6.92 Å². The molecule has 2 N–H and O–H groups in total. The summed E-state index contributed by atoms with van der Waals surface area (Å²) in [5.74, 6) is -0.247. The van der Waals surface area contributed by atoms with Crippen LogP contribution in [0.5, 0.6) is 0 Å². The maximum Gasteiger partial charge on any atom is 0.124 e. The minimum absolute atomic E-state index is 0.0933. The molecular formula is C12H12BrFN2S. The zero-order valence-corrected chi connectivity index (χ0v) is 11.7. The molecular weight excluding hydrogens is 303 g/mol. The highest BCUT2D eigenvalue weighted by molar-refractivity contribution is 9.10. The summed E-state index contributed by atoms with van der Waals surface area (Å²) in [6.45, 7) is 1.95. The number of hydrogen-bond acceptors (Lipinski definition) is 3. The van der Waals surface area contributed by atoms with Crippen molar-refractivity contribution in [3.8, 4) is 0 Å². The van der Waals surface area contributed by atoms with Crippen LogP contribution in [0.25, 0.3) is 0 Å². The molecule has 0 aliphatic heterocycles. The molecule has 0 saturated heterocycles. The van der Waals surface area contributed by atoms with E-state index in [1.54, 1.807) is 22.9 Å². The molecule has 5 heteroatoms. The first-order chi connectivity index (χ1) is 8.08. The number of aromatic nitrogens is 1. The molecule has 2 rings (SSSR count). The van der Waals surface area contributed by atoms with Crippen molar-refractivity contribution in [1.82, 2.24) is 4.98 Å². The van der Waals surface area contributed by atoms with E-state index in [9.17, 15) is 4.39 Å². The van der Waals surface area contributed by atoms with Gasteiger partial charge in [-0.2, -0.15) is 0 Å². The monoisotopic (exact) mass is 314 g/mol. The van der Waals surface area contributed by atoms with E-state index in [-0.39, 0.29) is 11.9 Å². The first-order valence-electron chi connectivity index (χ1n) is 5.17. The van der Waals surface area contributed by atoms with Gasteiger partial charge >= 0.3 is 0 Å². The Morgan fingerprint density at radius 3 is 2.88 bits per heavy atom. The number of halogens is 2. The van der Waals surface area contributed by atoms with Crippen LogP contribution in [-0.4, -0.2) is 4.98 Å². The van der Waals surface area contributed by atoms with Crippen molar-refractivity contribution in [1.29, 1.82) is 0 Å². The van der Waals surface area contributed by atoms with E-state index >= 15 is 0 Å². The summed E-state index contributed by atoms with van der Waals surface area (Å²) in [7, 11) is 0. The highest BCUT2D eigenvalue weighted by Crippen LogP contribution is 2.26. The number of rotatable bonds is 3. The van der Waals surface area contributed by atoms with E-state index in [1.165, 1.54) is 12.1 Å². The van der Waals surface area contributed by atoms with Gasteiger partial charge in [0.25, 0.3) is 0 Å². The predicted octanol–water partition coefficient (Wildman–Crippen LogP) is 3.60. The van der Waals surface area contributed by atoms with Gasteiger partial charge in [-0.05, 0) is 31.0 Å². The molecule has 0 aliphatic rings. The van der Waals surface area contributed by atoms with Crippen LogP contribution in [0.15, 0.2) is 28.2 Å². The zero-order chi connectivity index (χ0) is 12.4. The van der Waals surface area contributed by atoms with Crippen LogP contribution in [0.1, 0.15) is 22.2 Å². The smallest absolute Gasteiger partial charge is 0.124 e. The quantitative estimate of drug-likeness (QED) is 0.940.